The van der Waals surface area contributed by atoms with Gasteiger partial charge in [0.15, 0.2) is 5.16 Å². The zero-order valence-electron chi connectivity index (χ0n) is 14.9. The molecule has 0 aliphatic carbocycles. The number of nitrogens with one attached hydrogen (secondary N) is 1. The fraction of sp³-hybridized carbons (Fsp3) is 0.389. The molecule has 27 heavy (non-hydrogen) atoms. The van der Waals surface area contributed by atoms with Crippen molar-refractivity contribution in [2.75, 3.05) is 12.3 Å². The number of hydrogen-bond donors (Lipinski definition) is 1. The average Bonchev–Trinajstić information content (AvgIpc) is 3.41. The van der Waals surface area contributed by atoms with Crippen molar-refractivity contribution in [1.29, 1.82) is 0 Å². The largest absolute Gasteiger partial charge is 0.343 e. The zero-order chi connectivity index (χ0) is 18.8. The second-order valence-corrected chi connectivity index (χ2v) is 9.23. The Morgan fingerprint density at radius 2 is 2.26 bits per heavy atom. The molecule has 0 aromatic carbocycles. The third-order valence-electron chi connectivity index (χ3n) is 4.59. The van der Waals surface area contributed by atoms with Crippen LogP contribution in [0.2, 0.25) is 0 Å². The van der Waals surface area contributed by atoms with Gasteiger partial charge in [-0.2, -0.15) is 0 Å². The van der Waals surface area contributed by atoms with E-state index in [1.54, 1.807) is 27.2 Å². The quantitative estimate of drug-likeness (QED) is 0.621. The van der Waals surface area contributed by atoms with Gasteiger partial charge in [-0.1, -0.05) is 24.8 Å². The second-order valence-electron chi connectivity index (χ2n) is 6.31. The number of thioether (sulfide) groups is 1. The van der Waals surface area contributed by atoms with Crippen LogP contribution in [-0.4, -0.2) is 37.9 Å². The third kappa shape index (κ3) is 3.63. The molecule has 9 heteroatoms. The lowest BCUT2D eigenvalue weighted by Crippen LogP contribution is -2.40. The number of nitrogens with zero attached hydrogens (tertiary/aromatic N) is 3. The number of carbonyl (C=O) groups excluding carboxylic acids is 1. The van der Waals surface area contributed by atoms with Gasteiger partial charge in [-0.3, -0.25) is 9.36 Å². The van der Waals surface area contributed by atoms with Gasteiger partial charge in [-0.05, 0) is 41.3 Å². The summed E-state index contributed by atoms with van der Waals surface area (Å²) in [5.74, 6) is 0.351. The van der Waals surface area contributed by atoms with Crippen molar-refractivity contribution in [2.45, 2.75) is 37.5 Å². The van der Waals surface area contributed by atoms with Crippen LogP contribution in [0.5, 0.6) is 0 Å². The minimum Gasteiger partial charge on any atom is -0.330 e. The van der Waals surface area contributed by atoms with E-state index in [1.165, 1.54) is 27.1 Å². The summed E-state index contributed by atoms with van der Waals surface area (Å²) in [6.45, 7) is 3.33. The molecule has 0 saturated carbocycles. The van der Waals surface area contributed by atoms with Crippen molar-refractivity contribution < 1.29 is 4.79 Å². The van der Waals surface area contributed by atoms with E-state index in [2.05, 4.69) is 33.1 Å². The Morgan fingerprint density at radius 3 is 3.04 bits per heavy atom. The second kappa shape index (κ2) is 8.04. The van der Waals surface area contributed by atoms with E-state index in [0.717, 1.165) is 19.4 Å². The maximum Gasteiger partial charge on any atom is 0.343 e. The van der Waals surface area contributed by atoms with Crippen molar-refractivity contribution >= 4 is 40.3 Å². The summed E-state index contributed by atoms with van der Waals surface area (Å²) < 4.78 is 1.60. The highest BCUT2D eigenvalue weighted by Gasteiger charge is 2.33. The average molecular weight is 421 g/mol. The molecule has 4 heterocycles. The number of amides is 1. The Bertz CT molecular complexity index is 973. The lowest BCUT2D eigenvalue weighted by atomic mass is 9.98. The number of carbonyl (C=O) groups is 1. The summed E-state index contributed by atoms with van der Waals surface area (Å²) >= 11 is 4.78. The van der Waals surface area contributed by atoms with Crippen LogP contribution in [0.4, 0.5) is 0 Å². The summed E-state index contributed by atoms with van der Waals surface area (Å²) in [7, 11) is 0. The highest BCUT2D eigenvalue weighted by molar-refractivity contribution is 7.99. The van der Waals surface area contributed by atoms with E-state index in [0.29, 0.717) is 11.7 Å². The molecule has 0 saturated heterocycles. The van der Waals surface area contributed by atoms with Crippen molar-refractivity contribution in [3.8, 4) is 0 Å². The third-order valence-corrected chi connectivity index (χ3v) is 7.48. The van der Waals surface area contributed by atoms with Crippen LogP contribution >= 0.6 is 34.4 Å². The fourth-order valence-corrected chi connectivity index (χ4v) is 6.00. The predicted octanol–water partition coefficient (Wildman–Crippen LogP) is 3.37. The minimum absolute atomic E-state index is 0.00915. The van der Waals surface area contributed by atoms with E-state index in [-0.39, 0.29) is 23.4 Å². The number of aromatic nitrogens is 3. The van der Waals surface area contributed by atoms with Crippen molar-refractivity contribution in [2.24, 2.45) is 0 Å². The molecule has 0 fully saturated rings. The van der Waals surface area contributed by atoms with E-state index < -0.39 is 0 Å². The van der Waals surface area contributed by atoms with Crippen LogP contribution in [0.3, 0.4) is 0 Å². The molecular formula is C18H20N4O2S3. The number of fused-ring (bicyclic) bond motifs is 1. The molecule has 6 nitrogen and oxygen atoms in total. The molecule has 0 unspecified atom stereocenters. The minimum atomic E-state index is -0.218. The number of thiophene rings is 2. The fourth-order valence-electron chi connectivity index (χ4n) is 3.38. The maximum atomic E-state index is 13.1. The standard InChI is InChI=1S/C18H20N4O2S3/c1-2-7-22-17(24)19-20-18(22)27-11-15(23)21-8-5-13-12(6-10-26-13)16(21)14-4-3-9-25-14/h3-4,6,9-10,16H,2,5,7-8,11H2,1H3,(H,19,24)/t16-/m1/s1. The molecule has 4 rings (SSSR count). The summed E-state index contributed by atoms with van der Waals surface area (Å²) in [6, 6.07) is 6.27. The van der Waals surface area contributed by atoms with E-state index in [9.17, 15) is 9.59 Å². The predicted molar refractivity (Wildman–Crippen MR) is 110 cm³/mol. The first-order valence-electron chi connectivity index (χ1n) is 8.86. The highest BCUT2D eigenvalue weighted by Crippen LogP contribution is 2.39. The monoisotopic (exact) mass is 420 g/mol. The summed E-state index contributed by atoms with van der Waals surface area (Å²) in [5, 5.41) is 11.3. The first-order valence-corrected chi connectivity index (χ1v) is 11.6. The molecule has 142 valence electrons. The summed E-state index contributed by atoms with van der Waals surface area (Å²) in [5.41, 5.74) is 1.03. The first kappa shape index (κ1) is 18.5. The van der Waals surface area contributed by atoms with Gasteiger partial charge in [-0.15, -0.1) is 27.8 Å². The van der Waals surface area contributed by atoms with Gasteiger partial charge >= 0.3 is 5.69 Å². The molecule has 1 atom stereocenters. The van der Waals surface area contributed by atoms with Crippen LogP contribution in [0, 0.1) is 0 Å². The molecular weight excluding hydrogens is 400 g/mol. The van der Waals surface area contributed by atoms with Crippen molar-refractivity contribution in [3.63, 3.8) is 0 Å². The molecule has 1 aliphatic heterocycles. The molecule has 3 aromatic heterocycles. The molecule has 0 spiro atoms. The Hall–Kier alpha value is -1.84. The lowest BCUT2D eigenvalue weighted by molar-refractivity contribution is -0.130. The Labute approximate surface area is 169 Å². The van der Waals surface area contributed by atoms with Gasteiger partial charge in [0.2, 0.25) is 5.91 Å². The molecule has 1 amide bonds. The van der Waals surface area contributed by atoms with Crippen LogP contribution in [-0.2, 0) is 17.8 Å². The van der Waals surface area contributed by atoms with Gasteiger partial charge in [0, 0.05) is 22.8 Å². The van der Waals surface area contributed by atoms with Crippen LogP contribution < -0.4 is 5.69 Å². The van der Waals surface area contributed by atoms with Gasteiger partial charge in [0.25, 0.3) is 0 Å². The molecule has 1 N–H and O–H groups in total. The van der Waals surface area contributed by atoms with Crippen LogP contribution in [0.15, 0.2) is 38.9 Å². The number of hydrogen-bond acceptors (Lipinski definition) is 6. The molecule has 0 bridgehead atoms. The normalized spacial score (nSPS) is 16.5. The van der Waals surface area contributed by atoms with E-state index in [1.807, 2.05) is 17.9 Å². The SMILES string of the molecule is CCCn1c(SCC(=O)N2CCc3sccc3[C@@H]2c2cccs2)n[nH]c1=O. The van der Waals surface area contributed by atoms with Crippen molar-refractivity contribution in [3.05, 3.63) is 54.8 Å². The number of rotatable bonds is 6. The smallest absolute Gasteiger partial charge is 0.330 e. The highest BCUT2D eigenvalue weighted by atomic mass is 32.2. The van der Waals surface area contributed by atoms with Crippen molar-refractivity contribution in [1.82, 2.24) is 19.7 Å². The first-order chi connectivity index (χ1) is 13.2. The topological polar surface area (TPSA) is 71.0 Å². The number of aromatic amines is 1. The van der Waals surface area contributed by atoms with Gasteiger partial charge < -0.3 is 4.90 Å². The zero-order valence-corrected chi connectivity index (χ0v) is 17.3. The van der Waals surface area contributed by atoms with Gasteiger partial charge in [0.1, 0.15) is 0 Å². The molecule has 1 aliphatic rings. The molecule has 3 aromatic rings. The van der Waals surface area contributed by atoms with Gasteiger partial charge in [-0.25, -0.2) is 9.89 Å². The Balaban J connectivity index is 1.54. The van der Waals surface area contributed by atoms with Crippen LogP contribution in [0.25, 0.3) is 0 Å². The Morgan fingerprint density at radius 1 is 1.37 bits per heavy atom. The summed E-state index contributed by atoms with van der Waals surface area (Å²) in [6.07, 6.45) is 1.74. The number of H-pyrrole nitrogens is 1. The van der Waals surface area contributed by atoms with Gasteiger partial charge in [0.05, 0.1) is 11.8 Å². The van der Waals surface area contributed by atoms with Crippen LogP contribution in [0.1, 0.15) is 34.7 Å². The van der Waals surface area contributed by atoms with E-state index in [4.69, 9.17) is 0 Å². The summed E-state index contributed by atoms with van der Waals surface area (Å²) in [4.78, 5) is 29.4. The molecule has 0 radical (unpaired) electrons. The Kier molecular flexibility index (Phi) is 5.51. The maximum absolute atomic E-state index is 13.1. The van der Waals surface area contributed by atoms with E-state index >= 15 is 0 Å². The lowest BCUT2D eigenvalue weighted by Gasteiger charge is -2.35.